The van der Waals surface area contributed by atoms with Gasteiger partial charge in [0, 0.05) is 22.8 Å². The molecular formula is C16H14N2O. The molecule has 1 aromatic carbocycles. The highest BCUT2D eigenvalue weighted by Gasteiger charge is 2.16. The van der Waals surface area contributed by atoms with Crippen molar-refractivity contribution < 1.29 is 0 Å². The molecule has 3 aromatic rings. The third-order valence-corrected chi connectivity index (χ3v) is 4.04. The minimum Gasteiger partial charge on any atom is -0.358 e. The smallest absolute Gasteiger partial charge is 0.193 e. The van der Waals surface area contributed by atoms with Crippen LogP contribution in [-0.2, 0) is 12.8 Å². The van der Waals surface area contributed by atoms with Crippen molar-refractivity contribution in [3.63, 3.8) is 0 Å². The summed E-state index contributed by atoms with van der Waals surface area (Å²) in [5.74, 6) is 0. The summed E-state index contributed by atoms with van der Waals surface area (Å²) in [5, 5.41) is 1.75. The molecule has 94 valence electrons. The van der Waals surface area contributed by atoms with Gasteiger partial charge in [-0.05, 0) is 43.9 Å². The van der Waals surface area contributed by atoms with Crippen LogP contribution >= 0.6 is 0 Å². The van der Waals surface area contributed by atoms with E-state index in [0.717, 1.165) is 52.3 Å². The molecule has 1 aliphatic rings. The van der Waals surface area contributed by atoms with Crippen LogP contribution in [0.5, 0.6) is 0 Å². The van der Waals surface area contributed by atoms with E-state index in [2.05, 4.69) is 9.97 Å². The first kappa shape index (κ1) is 10.7. The summed E-state index contributed by atoms with van der Waals surface area (Å²) in [5.41, 5.74) is 4.13. The zero-order valence-electron chi connectivity index (χ0n) is 10.6. The highest BCUT2D eigenvalue weighted by atomic mass is 16.1. The fraction of sp³-hybridized carbons (Fsp3) is 0.250. The van der Waals surface area contributed by atoms with E-state index in [1.54, 1.807) is 6.20 Å². The lowest BCUT2D eigenvalue weighted by Crippen LogP contribution is -2.18. The van der Waals surface area contributed by atoms with Crippen LogP contribution in [0.3, 0.4) is 0 Å². The molecule has 0 radical (unpaired) electrons. The lowest BCUT2D eigenvalue weighted by atomic mass is 9.93. The van der Waals surface area contributed by atoms with Gasteiger partial charge in [0.1, 0.15) is 0 Å². The Morgan fingerprint density at radius 2 is 2.00 bits per heavy atom. The molecule has 1 aliphatic carbocycles. The van der Waals surface area contributed by atoms with Gasteiger partial charge in [-0.1, -0.05) is 6.07 Å². The molecule has 3 heteroatoms. The molecule has 19 heavy (non-hydrogen) atoms. The van der Waals surface area contributed by atoms with E-state index in [9.17, 15) is 4.79 Å². The molecule has 0 bridgehead atoms. The van der Waals surface area contributed by atoms with Crippen molar-refractivity contribution in [3.8, 4) is 0 Å². The largest absolute Gasteiger partial charge is 0.358 e. The number of pyridine rings is 2. The Morgan fingerprint density at radius 3 is 2.95 bits per heavy atom. The van der Waals surface area contributed by atoms with Gasteiger partial charge < -0.3 is 4.98 Å². The summed E-state index contributed by atoms with van der Waals surface area (Å²) < 4.78 is 0. The van der Waals surface area contributed by atoms with Crippen LogP contribution < -0.4 is 5.43 Å². The van der Waals surface area contributed by atoms with Gasteiger partial charge >= 0.3 is 0 Å². The van der Waals surface area contributed by atoms with Crippen LogP contribution in [0.2, 0.25) is 0 Å². The molecule has 0 unspecified atom stereocenters. The molecule has 2 heterocycles. The number of aryl methyl sites for hydroxylation is 1. The fourth-order valence-corrected chi connectivity index (χ4v) is 3.11. The molecule has 4 rings (SSSR count). The predicted molar refractivity (Wildman–Crippen MR) is 76.5 cm³/mol. The van der Waals surface area contributed by atoms with Crippen molar-refractivity contribution in [2.75, 3.05) is 0 Å². The average Bonchev–Trinajstić information content (AvgIpc) is 2.47. The molecule has 0 fully saturated rings. The van der Waals surface area contributed by atoms with E-state index in [1.165, 1.54) is 6.42 Å². The van der Waals surface area contributed by atoms with Crippen LogP contribution in [0.15, 0.2) is 35.3 Å². The van der Waals surface area contributed by atoms with Crippen molar-refractivity contribution in [3.05, 3.63) is 51.9 Å². The number of hydrogen-bond acceptors (Lipinski definition) is 2. The lowest BCUT2D eigenvalue weighted by molar-refractivity contribution is 0.668. The summed E-state index contributed by atoms with van der Waals surface area (Å²) in [4.78, 5) is 20.5. The van der Waals surface area contributed by atoms with Gasteiger partial charge in [0.15, 0.2) is 5.43 Å². The molecule has 0 spiro atoms. The first-order valence-corrected chi connectivity index (χ1v) is 6.76. The van der Waals surface area contributed by atoms with Gasteiger partial charge in [-0.3, -0.25) is 9.78 Å². The minimum absolute atomic E-state index is 0.196. The Labute approximate surface area is 110 Å². The predicted octanol–water partition coefficient (Wildman–Crippen LogP) is 2.96. The van der Waals surface area contributed by atoms with Gasteiger partial charge in [0.05, 0.1) is 16.4 Å². The first-order chi connectivity index (χ1) is 9.34. The van der Waals surface area contributed by atoms with E-state index in [4.69, 9.17) is 0 Å². The second kappa shape index (κ2) is 3.92. The summed E-state index contributed by atoms with van der Waals surface area (Å²) in [7, 11) is 0. The third-order valence-electron chi connectivity index (χ3n) is 4.04. The van der Waals surface area contributed by atoms with E-state index in [-0.39, 0.29) is 5.43 Å². The molecule has 0 saturated carbocycles. The van der Waals surface area contributed by atoms with Gasteiger partial charge in [-0.2, -0.15) is 0 Å². The highest BCUT2D eigenvalue weighted by molar-refractivity contribution is 6.04. The standard InChI is InChI=1S/C16H14N2O/c19-16-11-4-1-2-6-13(11)18-14-8-7-12-10(15(14)16)5-3-9-17-12/h3,5,7-9H,1-2,4,6H2,(H,18,19). The first-order valence-electron chi connectivity index (χ1n) is 6.76. The van der Waals surface area contributed by atoms with E-state index >= 15 is 0 Å². The van der Waals surface area contributed by atoms with Gasteiger partial charge in [-0.25, -0.2) is 0 Å². The normalized spacial score (nSPS) is 14.7. The number of hydrogen-bond donors (Lipinski definition) is 1. The maximum absolute atomic E-state index is 12.7. The Kier molecular flexibility index (Phi) is 2.21. The van der Waals surface area contributed by atoms with Gasteiger partial charge in [0.2, 0.25) is 0 Å². The maximum Gasteiger partial charge on any atom is 0.193 e. The van der Waals surface area contributed by atoms with E-state index in [1.807, 2.05) is 24.3 Å². The van der Waals surface area contributed by atoms with E-state index in [0.29, 0.717) is 0 Å². The maximum atomic E-state index is 12.7. The van der Waals surface area contributed by atoms with Crippen LogP contribution in [0, 0.1) is 0 Å². The minimum atomic E-state index is 0.196. The van der Waals surface area contributed by atoms with Gasteiger partial charge in [-0.15, -0.1) is 0 Å². The number of nitrogens with one attached hydrogen (secondary N) is 1. The molecule has 2 aromatic heterocycles. The Hall–Kier alpha value is -2.16. The number of aromatic nitrogens is 2. The van der Waals surface area contributed by atoms with Crippen molar-refractivity contribution in [1.29, 1.82) is 0 Å². The van der Waals surface area contributed by atoms with Crippen LogP contribution in [0.4, 0.5) is 0 Å². The molecule has 0 atom stereocenters. The SMILES string of the molecule is O=c1c2c([nH]c3ccc4ncccc4c13)CCCC2. The molecular weight excluding hydrogens is 236 g/mol. The Morgan fingerprint density at radius 1 is 1.11 bits per heavy atom. The molecule has 1 N–H and O–H groups in total. The van der Waals surface area contributed by atoms with Gasteiger partial charge in [0.25, 0.3) is 0 Å². The number of aromatic amines is 1. The topological polar surface area (TPSA) is 45.8 Å². The lowest BCUT2D eigenvalue weighted by Gasteiger charge is -2.16. The summed E-state index contributed by atoms with van der Waals surface area (Å²) in [6, 6.07) is 7.82. The highest BCUT2D eigenvalue weighted by Crippen LogP contribution is 2.24. The Balaban J connectivity index is 2.22. The monoisotopic (exact) mass is 250 g/mol. The number of nitrogens with zero attached hydrogens (tertiary/aromatic N) is 1. The molecule has 0 saturated heterocycles. The van der Waals surface area contributed by atoms with Crippen LogP contribution in [-0.4, -0.2) is 9.97 Å². The van der Waals surface area contributed by atoms with E-state index < -0.39 is 0 Å². The third kappa shape index (κ3) is 1.51. The average molecular weight is 250 g/mol. The summed E-state index contributed by atoms with van der Waals surface area (Å²) in [6.45, 7) is 0. The zero-order chi connectivity index (χ0) is 12.8. The quantitative estimate of drug-likeness (QED) is 0.623. The second-order valence-corrected chi connectivity index (χ2v) is 5.18. The number of benzene rings is 1. The number of fused-ring (bicyclic) bond motifs is 4. The Bertz CT molecular complexity index is 848. The van der Waals surface area contributed by atoms with Crippen molar-refractivity contribution in [1.82, 2.24) is 9.97 Å². The zero-order valence-corrected chi connectivity index (χ0v) is 10.6. The number of rotatable bonds is 0. The van der Waals surface area contributed by atoms with Crippen LogP contribution in [0.1, 0.15) is 24.1 Å². The van der Waals surface area contributed by atoms with Crippen LogP contribution in [0.25, 0.3) is 21.8 Å². The summed E-state index contributed by atoms with van der Waals surface area (Å²) in [6.07, 6.45) is 5.94. The van der Waals surface area contributed by atoms with Crippen molar-refractivity contribution in [2.45, 2.75) is 25.7 Å². The summed E-state index contributed by atoms with van der Waals surface area (Å²) >= 11 is 0. The second-order valence-electron chi connectivity index (χ2n) is 5.18. The molecule has 3 nitrogen and oxygen atoms in total. The number of H-pyrrole nitrogens is 1. The fourth-order valence-electron chi connectivity index (χ4n) is 3.11. The van der Waals surface area contributed by atoms with Crippen molar-refractivity contribution >= 4 is 21.8 Å². The van der Waals surface area contributed by atoms with Crippen molar-refractivity contribution in [2.24, 2.45) is 0 Å². The molecule has 0 amide bonds. The molecule has 0 aliphatic heterocycles.